The van der Waals surface area contributed by atoms with E-state index in [4.69, 9.17) is 11.6 Å². The number of hydrogen-bond acceptors (Lipinski definition) is 2. The standard InChI is InChI=1S/C13H19ClN2/c1-11-10-15-8-6-13(11)16-9-3-2-4-12(16)5-7-14/h6,8,10,12H,2-5,7,9H2,1H3. The normalized spacial score (nSPS) is 21.1. The van der Waals surface area contributed by atoms with Crippen LogP contribution in [0.25, 0.3) is 0 Å². The van der Waals surface area contributed by atoms with E-state index in [9.17, 15) is 0 Å². The molecule has 1 aromatic rings. The monoisotopic (exact) mass is 238 g/mol. The van der Waals surface area contributed by atoms with Gasteiger partial charge in [-0.3, -0.25) is 4.98 Å². The van der Waals surface area contributed by atoms with Crippen molar-refractivity contribution in [3.8, 4) is 0 Å². The Bertz CT molecular complexity index is 338. The molecule has 0 N–H and O–H groups in total. The van der Waals surface area contributed by atoms with Gasteiger partial charge in [0.2, 0.25) is 0 Å². The van der Waals surface area contributed by atoms with Crippen molar-refractivity contribution in [2.24, 2.45) is 0 Å². The Kier molecular flexibility index (Phi) is 4.05. The van der Waals surface area contributed by atoms with Crippen LogP contribution in [0.5, 0.6) is 0 Å². The highest BCUT2D eigenvalue weighted by Crippen LogP contribution is 2.28. The van der Waals surface area contributed by atoms with Crippen LogP contribution < -0.4 is 4.90 Å². The highest BCUT2D eigenvalue weighted by atomic mass is 35.5. The molecule has 0 amide bonds. The molecule has 2 nitrogen and oxygen atoms in total. The van der Waals surface area contributed by atoms with E-state index in [1.807, 2.05) is 12.4 Å². The zero-order chi connectivity index (χ0) is 11.4. The summed E-state index contributed by atoms with van der Waals surface area (Å²) in [5.74, 6) is 0.755. The molecular formula is C13H19ClN2. The maximum atomic E-state index is 5.89. The number of hydrogen-bond donors (Lipinski definition) is 0. The lowest BCUT2D eigenvalue weighted by atomic mass is 9.98. The van der Waals surface area contributed by atoms with Crippen LogP contribution in [0.1, 0.15) is 31.2 Å². The quantitative estimate of drug-likeness (QED) is 0.751. The molecule has 1 aliphatic rings. The van der Waals surface area contributed by atoms with Gasteiger partial charge < -0.3 is 4.90 Å². The number of aryl methyl sites for hydroxylation is 1. The van der Waals surface area contributed by atoms with Gasteiger partial charge in [0.05, 0.1) is 0 Å². The van der Waals surface area contributed by atoms with Crippen molar-refractivity contribution >= 4 is 17.3 Å². The maximum Gasteiger partial charge on any atom is 0.0429 e. The lowest BCUT2D eigenvalue weighted by Gasteiger charge is -2.38. The van der Waals surface area contributed by atoms with Gasteiger partial charge in [0.15, 0.2) is 0 Å². The van der Waals surface area contributed by atoms with Crippen molar-refractivity contribution in [2.75, 3.05) is 17.3 Å². The van der Waals surface area contributed by atoms with Gasteiger partial charge in [0.25, 0.3) is 0 Å². The van der Waals surface area contributed by atoms with Gasteiger partial charge in [-0.15, -0.1) is 11.6 Å². The molecule has 0 bridgehead atoms. The molecule has 2 heterocycles. The number of halogens is 1. The van der Waals surface area contributed by atoms with Crippen molar-refractivity contribution in [3.05, 3.63) is 24.0 Å². The van der Waals surface area contributed by atoms with Gasteiger partial charge in [-0.25, -0.2) is 0 Å². The summed E-state index contributed by atoms with van der Waals surface area (Å²) < 4.78 is 0. The Morgan fingerprint density at radius 3 is 3.12 bits per heavy atom. The number of piperidine rings is 1. The van der Waals surface area contributed by atoms with E-state index in [1.165, 1.54) is 30.5 Å². The fraction of sp³-hybridized carbons (Fsp3) is 0.615. The van der Waals surface area contributed by atoms with Crippen molar-refractivity contribution in [1.82, 2.24) is 4.98 Å². The van der Waals surface area contributed by atoms with E-state index < -0.39 is 0 Å². The van der Waals surface area contributed by atoms with Gasteiger partial charge in [0.1, 0.15) is 0 Å². The molecular weight excluding hydrogens is 220 g/mol. The fourth-order valence-electron chi connectivity index (χ4n) is 2.53. The molecule has 3 heteroatoms. The van der Waals surface area contributed by atoms with Crippen LogP contribution in [-0.4, -0.2) is 23.5 Å². The molecule has 16 heavy (non-hydrogen) atoms. The van der Waals surface area contributed by atoms with E-state index >= 15 is 0 Å². The number of aromatic nitrogens is 1. The highest BCUT2D eigenvalue weighted by Gasteiger charge is 2.22. The van der Waals surface area contributed by atoms with E-state index in [0.29, 0.717) is 6.04 Å². The van der Waals surface area contributed by atoms with Crippen LogP contribution in [0.15, 0.2) is 18.5 Å². The van der Waals surface area contributed by atoms with Crippen LogP contribution in [0.2, 0.25) is 0 Å². The summed E-state index contributed by atoms with van der Waals surface area (Å²) in [6, 6.07) is 2.74. The topological polar surface area (TPSA) is 16.1 Å². The summed E-state index contributed by atoms with van der Waals surface area (Å²) in [6.07, 6.45) is 8.82. The summed E-state index contributed by atoms with van der Waals surface area (Å²) in [7, 11) is 0. The average molecular weight is 239 g/mol. The lowest BCUT2D eigenvalue weighted by molar-refractivity contribution is 0.450. The summed E-state index contributed by atoms with van der Waals surface area (Å²) in [4.78, 5) is 6.67. The maximum absolute atomic E-state index is 5.89. The van der Waals surface area contributed by atoms with Crippen LogP contribution in [0.3, 0.4) is 0 Å². The Hall–Kier alpha value is -0.760. The molecule has 1 unspecified atom stereocenters. The van der Waals surface area contributed by atoms with Crippen molar-refractivity contribution in [1.29, 1.82) is 0 Å². The molecule has 0 aliphatic carbocycles. The molecule has 2 rings (SSSR count). The van der Waals surface area contributed by atoms with Crippen molar-refractivity contribution < 1.29 is 0 Å². The van der Waals surface area contributed by atoms with E-state index in [1.54, 1.807) is 0 Å². The Morgan fingerprint density at radius 2 is 2.38 bits per heavy atom. The Balaban J connectivity index is 2.19. The van der Waals surface area contributed by atoms with E-state index in [2.05, 4.69) is 22.9 Å². The van der Waals surface area contributed by atoms with Crippen LogP contribution in [0.4, 0.5) is 5.69 Å². The molecule has 1 aromatic heterocycles. The second-order valence-corrected chi connectivity index (χ2v) is 4.86. The van der Waals surface area contributed by atoms with Gasteiger partial charge in [-0.1, -0.05) is 0 Å². The smallest absolute Gasteiger partial charge is 0.0429 e. The van der Waals surface area contributed by atoms with Crippen molar-refractivity contribution in [2.45, 2.75) is 38.6 Å². The third kappa shape index (κ3) is 2.49. The third-order valence-corrected chi connectivity index (χ3v) is 3.59. The zero-order valence-electron chi connectivity index (χ0n) is 9.82. The second-order valence-electron chi connectivity index (χ2n) is 4.48. The second kappa shape index (κ2) is 5.53. The third-order valence-electron chi connectivity index (χ3n) is 3.37. The molecule has 1 aliphatic heterocycles. The molecule has 1 atom stereocenters. The Morgan fingerprint density at radius 1 is 1.50 bits per heavy atom. The largest absolute Gasteiger partial charge is 0.368 e. The van der Waals surface area contributed by atoms with E-state index in [-0.39, 0.29) is 0 Å². The minimum absolute atomic E-state index is 0.618. The number of pyridine rings is 1. The predicted octanol–water partition coefficient (Wildman–Crippen LogP) is 3.38. The Labute approximate surface area is 103 Å². The van der Waals surface area contributed by atoms with Gasteiger partial charge in [0, 0.05) is 36.5 Å². The first-order chi connectivity index (χ1) is 7.83. The number of anilines is 1. The summed E-state index contributed by atoms with van der Waals surface area (Å²) in [5, 5.41) is 0. The van der Waals surface area contributed by atoms with Gasteiger partial charge >= 0.3 is 0 Å². The first-order valence-corrected chi connectivity index (χ1v) is 6.59. The summed E-state index contributed by atoms with van der Waals surface area (Å²) >= 11 is 5.89. The lowest BCUT2D eigenvalue weighted by Crippen LogP contribution is -2.40. The van der Waals surface area contributed by atoms with E-state index in [0.717, 1.165) is 18.8 Å². The molecule has 0 aromatic carbocycles. The van der Waals surface area contributed by atoms with Gasteiger partial charge in [-0.2, -0.15) is 0 Å². The number of rotatable bonds is 3. The molecule has 1 saturated heterocycles. The first-order valence-electron chi connectivity index (χ1n) is 6.06. The van der Waals surface area contributed by atoms with Gasteiger partial charge in [-0.05, 0) is 44.2 Å². The molecule has 0 spiro atoms. The van der Waals surface area contributed by atoms with Crippen LogP contribution in [-0.2, 0) is 0 Å². The first kappa shape index (κ1) is 11.7. The SMILES string of the molecule is Cc1cnccc1N1CCCCC1CCCl. The zero-order valence-corrected chi connectivity index (χ0v) is 10.6. The molecule has 0 radical (unpaired) electrons. The fourth-order valence-corrected chi connectivity index (χ4v) is 2.78. The summed E-state index contributed by atoms with van der Waals surface area (Å²) in [6.45, 7) is 3.29. The number of nitrogens with zero attached hydrogens (tertiary/aromatic N) is 2. The highest BCUT2D eigenvalue weighted by molar-refractivity contribution is 6.17. The molecule has 1 fully saturated rings. The predicted molar refractivity (Wildman–Crippen MR) is 69.3 cm³/mol. The molecule has 0 saturated carbocycles. The minimum atomic E-state index is 0.618. The summed E-state index contributed by atoms with van der Waals surface area (Å²) in [5.41, 5.74) is 2.61. The molecule has 88 valence electrons. The number of alkyl halides is 1. The van der Waals surface area contributed by atoms with Crippen LogP contribution in [0, 0.1) is 6.92 Å². The minimum Gasteiger partial charge on any atom is -0.368 e. The van der Waals surface area contributed by atoms with Crippen LogP contribution >= 0.6 is 11.6 Å². The van der Waals surface area contributed by atoms with Crippen molar-refractivity contribution in [3.63, 3.8) is 0 Å². The average Bonchev–Trinajstić information content (AvgIpc) is 2.31.